The summed E-state index contributed by atoms with van der Waals surface area (Å²) in [4.78, 5) is 12.4. The lowest BCUT2D eigenvalue weighted by molar-refractivity contribution is 0.102. The highest BCUT2D eigenvalue weighted by molar-refractivity contribution is 6.31. The summed E-state index contributed by atoms with van der Waals surface area (Å²) >= 11 is 5.97. The van der Waals surface area contributed by atoms with E-state index in [9.17, 15) is 4.79 Å². The van der Waals surface area contributed by atoms with Gasteiger partial charge >= 0.3 is 0 Å². The van der Waals surface area contributed by atoms with Crippen LogP contribution in [0.25, 0.3) is 0 Å². The normalized spacial score (nSPS) is 10.3. The Morgan fingerprint density at radius 1 is 1.07 bits per heavy atom. The van der Waals surface area contributed by atoms with E-state index >= 15 is 0 Å². The van der Waals surface area contributed by atoms with E-state index in [4.69, 9.17) is 16.3 Å². The summed E-state index contributed by atoms with van der Waals surface area (Å²) < 4.78 is 5.22. The summed E-state index contributed by atoms with van der Waals surface area (Å²) in [5.74, 6) is 0.738. The lowest BCUT2D eigenvalue weighted by Gasteiger charge is -2.10. The fraction of sp³-hybridized carbons (Fsp3) is 0.150. The predicted octanol–water partition coefficient (Wildman–Crippen LogP) is 4.05. The van der Waals surface area contributed by atoms with Crippen LogP contribution >= 0.6 is 11.6 Å². The number of hydrogen-bond donors (Lipinski definition) is 2. The molecular weight excluding hydrogens is 364 g/mol. The standard InChI is InChI=1S/C20H19ClN4O2/c1-27-18-9-7-15(21)13-17(18)23-20(26)16-8-10-19(25-24-16)22-12-11-14-5-3-2-4-6-14/h2-10,13H,11-12H2,1H3,(H,22,25)(H,23,26). The van der Waals surface area contributed by atoms with E-state index in [2.05, 4.69) is 33.0 Å². The number of carbonyl (C=O) groups excluding carboxylic acids is 1. The Morgan fingerprint density at radius 2 is 1.89 bits per heavy atom. The maximum atomic E-state index is 12.4. The second-order valence-electron chi connectivity index (χ2n) is 5.76. The van der Waals surface area contributed by atoms with Crippen LogP contribution in [-0.2, 0) is 6.42 Å². The number of nitrogens with zero attached hydrogens (tertiary/aromatic N) is 2. The average Bonchev–Trinajstić information content (AvgIpc) is 2.69. The number of benzene rings is 2. The molecule has 3 rings (SSSR count). The van der Waals surface area contributed by atoms with E-state index in [1.54, 1.807) is 30.3 Å². The molecule has 0 radical (unpaired) electrons. The molecule has 7 heteroatoms. The van der Waals surface area contributed by atoms with Crippen molar-refractivity contribution >= 4 is 29.0 Å². The van der Waals surface area contributed by atoms with E-state index in [0.29, 0.717) is 22.3 Å². The highest BCUT2D eigenvalue weighted by atomic mass is 35.5. The van der Waals surface area contributed by atoms with Crippen LogP contribution < -0.4 is 15.4 Å². The number of carbonyl (C=O) groups is 1. The molecule has 0 aliphatic carbocycles. The molecule has 0 unspecified atom stereocenters. The van der Waals surface area contributed by atoms with Gasteiger partial charge in [-0.2, -0.15) is 0 Å². The smallest absolute Gasteiger partial charge is 0.276 e. The first-order valence-electron chi connectivity index (χ1n) is 8.42. The van der Waals surface area contributed by atoms with Gasteiger partial charge in [0, 0.05) is 11.6 Å². The Labute approximate surface area is 162 Å². The number of amides is 1. The first-order chi connectivity index (χ1) is 13.2. The van der Waals surface area contributed by atoms with Crippen molar-refractivity contribution in [2.24, 2.45) is 0 Å². The van der Waals surface area contributed by atoms with Gasteiger partial charge in [0.15, 0.2) is 5.69 Å². The van der Waals surface area contributed by atoms with Gasteiger partial charge in [-0.1, -0.05) is 41.9 Å². The number of rotatable bonds is 7. The quantitative estimate of drug-likeness (QED) is 0.644. The van der Waals surface area contributed by atoms with Crippen molar-refractivity contribution in [3.05, 3.63) is 76.9 Å². The van der Waals surface area contributed by atoms with Crippen LogP contribution in [0.4, 0.5) is 11.5 Å². The first kappa shape index (κ1) is 18.7. The number of hydrogen-bond acceptors (Lipinski definition) is 5. The molecule has 1 amide bonds. The third kappa shape index (κ3) is 5.18. The molecule has 0 atom stereocenters. The molecule has 0 saturated carbocycles. The summed E-state index contributed by atoms with van der Waals surface area (Å²) in [5, 5.41) is 14.5. The Hall–Kier alpha value is -3.12. The fourth-order valence-electron chi connectivity index (χ4n) is 2.49. The van der Waals surface area contributed by atoms with Crippen LogP contribution in [-0.4, -0.2) is 29.8 Å². The zero-order chi connectivity index (χ0) is 19.1. The van der Waals surface area contributed by atoms with Crippen molar-refractivity contribution in [1.82, 2.24) is 10.2 Å². The second kappa shape index (κ2) is 9.00. The lowest BCUT2D eigenvalue weighted by atomic mass is 10.1. The van der Waals surface area contributed by atoms with Gasteiger partial charge in [0.2, 0.25) is 0 Å². The van der Waals surface area contributed by atoms with Crippen molar-refractivity contribution in [2.45, 2.75) is 6.42 Å². The maximum Gasteiger partial charge on any atom is 0.276 e. The van der Waals surface area contributed by atoms with Crippen LogP contribution in [0.5, 0.6) is 5.75 Å². The summed E-state index contributed by atoms with van der Waals surface area (Å²) in [6.07, 6.45) is 0.874. The maximum absolute atomic E-state index is 12.4. The molecule has 0 fully saturated rings. The second-order valence-corrected chi connectivity index (χ2v) is 6.20. The van der Waals surface area contributed by atoms with Gasteiger partial charge in [0.25, 0.3) is 5.91 Å². The molecule has 1 aromatic heterocycles. The van der Waals surface area contributed by atoms with Crippen LogP contribution in [0.15, 0.2) is 60.7 Å². The minimum atomic E-state index is -0.390. The molecule has 6 nitrogen and oxygen atoms in total. The molecule has 138 valence electrons. The van der Waals surface area contributed by atoms with Gasteiger partial charge in [-0.15, -0.1) is 10.2 Å². The van der Waals surface area contributed by atoms with Gasteiger partial charge in [-0.05, 0) is 42.3 Å². The highest BCUT2D eigenvalue weighted by Gasteiger charge is 2.12. The molecule has 0 spiro atoms. The summed E-state index contributed by atoms with van der Waals surface area (Å²) in [5.41, 5.74) is 1.91. The summed E-state index contributed by atoms with van der Waals surface area (Å²) in [7, 11) is 1.52. The lowest BCUT2D eigenvalue weighted by Crippen LogP contribution is -2.15. The van der Waals surface area contributed by atoms with Gasteiger partial charge in [0.05, 0.1) is 12.8 Å². The molecule has 0 saturated heterocycles. The zero-order valence-electron chi connectivity index (χ0n) is 14.8. The van der Waals surface area contributed by atoms with E-state index < -0.39 is 0 Å². The summed E-state index contributed by atoms with van der Waals surface area (Å²) in [6, 6.07) is 18.5. The minimum Gasteiger partial charge on any atom is -0.495 e. The third-order valence-corrected chi connectivity index (χ3v) is 4.10. The number of anilines is 2. The van der Waals surface area contributed by atoms with Gasteiger partial charge in [-0.3, -0.25) is 4.79 Å². The SMILES string of the molecule is COc1ccc(Cl)cc1NC(=O)c1ccc(NCCc2ccccc2)nn1. The van der Waals surface area contributed by atoms with Crippen molar-refractivity contribution in [1.29, 1.82) is 0 Å². The molecule has 2 N–H and O–H groups in total. The summed E-state index contributed by atoms with van der Waals surface area (Å²) in [6.45, 7) is 0.726. The molecule has 0 bridgehead atoms. The molecular formula is C20H19ClN4O2. The van der Waals surface area contributed by atoms with Crippen LogP contribution in [0.1, 0.15) is 16.1 Å². The molecule has 0 aliphatic heterocycles. The van der Waals surface area contributed by atoms with E-state index in [0.717, 1.165) is 13.0 Å². The van der Waals surface area contributed by atoms with Crippen molar-refractivity contribution in [2.75, 3.05) is 24.3 Å². The Morgan fingerprint density at radius 3 is 2.59 bits per heavy atom. The average molecular weight is 383 g/mol. The van der Waals surface area contributed by atoms with Crippen molar-refractivity contribution in [3.8, 4) is 5.75 Å². The fourth-order valence-corrected chi connectivity index (χ4v) is 2.66. The largest absolute Gasteiger partial charge is 0.495 e. The Balaban J connectivity index is 1.58. The molecule has 0 aliphatic rings. The zero-order valence-corrected chi connectivity index (χ0v) is 15.5. The number of halogens is 1. The Bertz CT molecular complexity index is 902. The monoisotopic (exact) mass is 382 g/mol. The first-order valence-corrected chi connectivity index (χ1v) is 8.80. The number of nitrogens with one attached hydrogen (secondary N) is 2. The Kier molecular flexibility index (Phi) is 6.22. The molecule has 1 heterocycles. The van der Waals surface area contributed by atoms with E-state index in [-0.39, 0.29) is 11.6 Å². The van der Waals surface area contributed by atoms with Crippen LogP contribution in [0, 0.1) is 0 Å². The van der Waals surface area contributed by atoms with Crippen molar-refractivity contribution in [3.63, 3.8) is 0 Å². The number of ether oxygens (including phenoxy) is 1. The van der Waals surface area contributed by atoms with Gasteiger partial charge in [0.1, 0.15) is 11.6 Å². The van der Waals surface area contributed by atoms with Gasteiger partial charge in [-0.25, -0.2) is 0 Å². The highest BCUT2D eigenvalue weighted by Crippen LogP contribution is 2.27. The van der Waals surface area contributed by atoms with Crippen molar-refractivity contribution < 1.29 is 9.53 Å². The van der Waals surface area contributed by atoms with Gasteiger partial charge < -0.3 is 15.4 Å². The number of aromatic nitrogens is 2. The minimum absolute atomic E-state index is 0.200. The predicted molar refractivity (Wildman–Crippen MR) is 107 cm³/mol. The topological polar surface area (TPSA) is 76.1 Å². The van der Waals surface area contributed by atoms with E-state index in [1.807, 2.05) is 18.2 Å². The molecule has 27 heavy (non-hydrogen) atoms. The van der Waals surface area contributed by atoms with Crippen LogP contribution in [0.3, 0.4) is 0 Å². The third-order valence-electron chi connectivity index (χ3n) is 3.87. The molecule has 2 aromatic carbocycles. The van der Waals surface area contributed by atoms with Crippen LogP contribution in [0.2, 0.25) is 5.02 Å². The van der Waals surface area contributed by atoms with E-state index in [1.165, 1.54) is 12.7 Å². The molecule has 3 aromatic rings. The number of methoxy groups -OCH3 is 1.